The van der Waals surface area contributed by atoms with Crippen molar-refractivity contribution in [3.8, 4) is 0 Å². The quantitative estimate of drug-likeness (QED) is 0.317. The standard InChI is InChI=1S/2CH4.2H3O4P.Zn/c;;2*1-5(2,3)4;/h2*1H4;2*(H3,1,2,3,4);/q;;;;+2/p-6. The Morgan fingerprint density at radius 2 is 0.615 bits per heavy atom. The zero-order valence-corrected chi connectivity index (χ0v) is 9.62. The van der Waals surface area contributed by atoms with Crippen molar-refractivity contribution in [1.29, 1.82) is 0 Å². The minimum absolute atomic E-state index is 0. The molecular formula is C2H8O8P2Zn-4. The molecule has 0 atom stereocenters. The Bertz CT molecular complexity index is 132. The molecule has 13 heavy (non-hydrogen) atoms. The van der Waals surface area contributed by atoms with Crippen LogP contribution in [-0.2, 0) is 28.6 Å². The third-order valence-corrected chi connectivity index (χ3v) is 0. The molecule has 0 aromatic carbocycles. The van der Waals surface area contributed by atoms with Gasteiger partial charge in [-0.05, 0) is 0 Å². The minimum Gasteiger partial charge on any atom is -0.822 e. The van der Waals surface area contributed by atoms with Gasteiger partial charge in [-0.2, -0.15) is 15.6 Å². The number of hydrogen-bond acceptors (Lipinski definition) is 8. The molecule has 80 valence electrons. The topological polar surface area (TPSA) is 172 Å². The first-order valence-electron chi connectivity index (χ1n) is 1.46. The molecule has 0 saturated carbocycles. The molecular weight excluding hydrogens is 279 g/mol. The van der Waals surface area contributed by atoms with E-state index in [2.05, 4.69) is 0 Å². The summed E-state index contributed by atoms with van der Waals surface area (Å²) in [6.45, 7) is 0. The summed E-state index contributed by atoms with van der Waals surface area (Å²) in [6, 6.07) is 0. The summed E-state index contributed by atoms with van der Waals surface area (Å²) in [4.78, 5) is 51.3. The third kappa shape index (κ3) is 2120. The summed E-state index contributed by atoms with van der Waals surface area (Å²) in [6.07, 6.45) is 0. The van der Waals surface area contributed by atoms with Gasteiger partial charge in [-0.3, -0.25) is 0 Å². The van der Waals surface area contributed by atoms with E-state index in [0.717, 1.165) is 0 Å². The molecule has 0 saturated heterocycles. The summed E-state index contributed by atoms with van der Waals surface area (Å²) in [5.41, 5.74) is 0. The van der Waals surface area contributed by atoms with Gasteiger partial charge < -0.3 is 38.5 Å². The third-order valence-electron chi connectivity index (χ3n) is 0. The average Bonchev–Trinajstić information content (AvgIpc) is 1.12. The molecule has 0 spiro atoms. The van der Waals surface area contributed by atoms with Crippen LogP contribution in [0.15, 0.2) is 0 Å². The number of hydrogen-bond donors (Lipinski definition) is 0. The molecule has 11 heteroatoms. The molecule has 0 rings (SSSR count). The van der Waals surface area contributed by atoms with E-state index < -0.39 is 15.6 Å². The fourth-order valence-corrected chi connectivity index (χ4v) is 0. The van der Waals surface area contributed by atoms with Crippen molar-refractivity contribution >= 4 is 15.6 Å². The largest absolute Gasteiger partial charge is 2.00 e. The van der Waals surface area contributed by atoms with Gasteiger partial charge in [0.1, 0.15) is 0 Å². The predicted octanol–water partition coefficient (Wildman–Crippen LogP) is -4.38. The molecule has 0 bridgehead atoms. The van der Waals surface area contributed by atoms with Gasteiger partial charge in [0.15, 0.2) is 0 Å². The molecule has 0 amide bonds. The smallest absolute Gasteiger partial charge is 0.822 e. The fourth-order valence-electron chi connectivity index (χ4n) is 0. The van der Waals surface area contributed by atoms with Gasteiger partial charge in [0, 0.05) is 0 Å². The summed E-state index contributed by atoms with van der Waals surface area (Å²) in [5.74, 6) is 0. The second-order valence-electron chi connectivity index (χ2n) is 0.894. The Labute approximate surface area is 88.9 Å². The Morgan fingerprint density at radius 1 is 0.615 bits per heavy atom. The maximum absolute atomic E-state index is 8.55. The molecule has 0 aliphatic carbocycles. The van der Waals surface area contributed by atoms with E-state index in [9.17, 15) is 0 Å². The second-order valence-corrected chi connectivity index (χ2v) is 2.68. The zero-order chi connectivity index (χ0) is 9.00. The van der Waals surface area contributed by atoms with Crippen molar-refractivity contribution in [2.45, 2.75) is 14.9 Å². The molecule has 0 fully saturated rings. The van der Waals surface area contributed by atoms with Gasteiger partial charge >= 0.3 is 19.5 Å². The van der Waals surface area contributed by atoms with Crippen LogP contribution in [0.5, 0.6) is 0 Å². The monoisotopic (exact) mass is 286 g/mol. The van der Waals surface area contributed by atoms with Gasteiger partial charge in [0.2, 0.25) is 0 Å². The van der Waals surface area contributed by atoms with Gasteiger partial charge in [0.25, 0.3) is 0 Å². The van der Waals surface area contributed by atoms with Crippen LogP contribution in [0.1, 0.15) is 14.9 Å². The molecule has 0 heterocycles. The van der Waals surface area contributed by atoms with Crippen molar-refractivity contribution in [2.24, 2.45) is 0 Å². The molecule has 0 aliphatic heterocycles. The maximum Gasteiger partial charge on any atom is 2.00 e. The summed E-state index contributed by atoms with van der Waals surface area (Å²) in [5, 5.41) is 0. The molecule has 0 aliphatic rings. The summed E-state index contributed by atoms with van der Waals surface area (Å²) < 4.78 is 17.1. The van der Waals surface area contributed by atoms with E-state index in [0.29, 0.717) is 0 Å². The van der Waals surface area contributed by atoms with Crippen LogP contribution in [0, 0.1) is 0 Å². The Morgan fingerprint density at radius 3 is 0.615 bits per heavy atom. The van der Waals surface area contributed by atoms with E-state index in [-0.39, 0.29) is 34.3 Å². The first-order valence-corrected chi connectivity index (χ1v) is 4.38. The van der Waals surface area contributed by atoms with Gasteiger partial charge in [-0.1, -0.05) is 14.9 Å². The van der Waals surface area contributed by atoms with Crippen LogP contribution in [-0.4, -0.2) is 0 Å². The van der Waals surface area contributed by atoms with Gasteiger partial charge in [-0.15, -0.1) is 0 Å². The van der Waals surface area contributed by atoms with Crippen LogP contribution < -0.4 is 29.4 Å². The van der Waals surface area contributed by atoms with Crippen molar-refractivity contribution in [3.05, 3.63) is 0 Å². The Balaban J connectivity index is -0.0000000267. The van der Waals surface area contributed by atoms with Gasteiger partial charge in [-0.25, -0.2) is 0 Å². The minimum atomic E-state index is -5.39. The van der Waals surface area contributed by atoms with E-state index >= 15 is 0 Å². The van der Waals surface area contributed by atoms with E-state index in [4.69, 9.17) is 38.5 Å². The molecule has 0 aromatic heterocycles. The molecule has 0 aromatic rings. The van der Waals surface area contributed by atoms with Crippen molar-refractivity contribution < 1.29 is 58.0 Å². The van der Waals surface area contributed by atoms with Crippen LogP contribution in [0.2, 0.25) is 0 Å². The maximum atomic E-state index is 8.55. The normalized spacial score (nSPS) is 9.08. The van der Waals surface area contributed by atoms with Crippen molar-refractivity contribution in [3.63, 3.8) is 0 Å². The fraction of sp³-hybridized carbons (Fsp3) is 1.00. The van der Waals surface area contributed by atoms with Crippen LogP contribution >= 0.6 is 15.6 Å². The molecule has 8 nitrogen and oxygen atoms in total. The molecule has 0 radical (unpaired) electrons. The van der Waals surface area contributed by atoms with Crippen molar-refractivity contribution in [2.75, 3.05) is 0 Å². The van der Waals surface area contributed by atoms with E-state index in [1.165, 1.54) is 0 Å². The predicted molar refractivity (Wildman–Crippen MR) is 28.7 cm³/mol. The average molecular weight is 287 g/mol. The summed E-state index contributed by atoms with van der Waals surface area (Å²) >= 11 is 0. The second kappa shape index (κ2) is 10.9. The number of rotatable bonds is 0. The first-order chi connectivity index (χ1) is 4.00. The van der Waals surface area contributed by atoms with Crippen LogP contribution in [0.25, 0.3) is 0 Å². The van der Waals surface area contributed by atoms with E-state index in [1.54, 1.807) is 0 Å². The molecule has 0 unspecified atom stereocenters. The van der Waals surface area contributed by atoms with Crippen LogP contribution in [0.4, 0.5) is 0 Å². The zero-order valence-electron chi connectivity index (χ0n) is 4.87. The van der Waals surface area contributed by atoms with Crippen LogP contribution in [0.3, 0.4) is 0 Å². The SMILES string of the molecule is C.C.O=P([O-])([O-])[O-].O=P([O-])([O-])[O-].[Zn+2]. The number of phosphoric acid groups is 2. The first kappa shape index (κ1) is 29.2. The van der Waals surface area contributed by atoms with E-state index in [1.807, 2.05) is 0 Å². The van der Waals surface area contributed by atoms with Crippen molar-refractivity contribution in [1.82, 2.24) is 0 Å². The summed E-state index contributed by atoms with van der Waals surface area (Å²) in [7, 11) is -10.8. The Hall–Kier alpha value is 0.843. The molecule has 0 N–H and O–H groups in total. The van der Waals surface area contributed by atoms with Gasteiger partial charge in [0.05, 0.1) is 0 Å². The Kier molecular flexibility index (Phi) is 24.5.